The molecule has 1 saturated heterocycles. The van der Waals surface area contributed by atoms with E-state index in [2.05, 4.69) is 86.0 Å². The largest absolute Gasteiger partial charge is 0.368 e. The molecule has 0 amide bonds. The molecule has 6 heteroatoms. The summed E-state index contributed by atoms with van der Waals surface area (Å²) in [6.45, 7) is 9.95. The van der Waals surface area contributed by atoms with Crippen LogP contribution in [0.1, 0.15) is 22.3 Å². The summed E-state index contributed by atoms with van der Waals surface area (Å²) in [5, 5.41) is 3.55. The highest BCUT2D eigenvalue weighted by Gasteiger charge is 2.21. The molecule has 2 heterocycles. The Hall–Kier alpha value is -3.28. The Bertz CT molecular complexity index is 1020. The predicted octanol–water partition coefficient (Wildman–Crippen LogP) is 3.45. The van der Waals surface area contributed by atoms with Gasteiger partial charge in [0.2, 0.25) is 0 Å². The first kappa shape index (κ1) is 21.0. The number of imidazole rings is 1. The zero-order valence-corrected chi connectivity index (χ0v) is 18.8. The molecule has 3 aromatic rings. The molecule has 1 N–H and O–H groups in total. The van der Waals surface area contributed by atoms with Crippen molar-refractivity contribution in [1.82, 2.24) is 19.8 Å². The summed E-state index contributed by atoms with van der Waals surface area (Å²) in [5.74, 6) is 0.973. The number of hydrogen-bond donors (Lipinski definition) is 1. The SMILES string of the molecule is CN=C(NCc1cccc(Cn2ccnc2)c1)N1CCN(c2cccc(C)c2C)CC1. The van der Waals surface area contributed by atoms with E-state index in [-0.39, 0.29) is 0 Å². The van der Waals surface area contributed by atoms with Crippen LogP contribution in [0.3, 0.4) is 0 Å². The van der Waals surface area contributed by atoms with Crippen molar-refractivity contribution < 1.29 is 0 Å². The summed E-state index contributed by atoms with van der Waals surface area (Å²) in [5.41, 5.74) is 6.63. The van der Waals surface area contributed by atoms with E-state index in [1.54, 1.807) is 0 Å². The summed E-state index contributed by atoms with van der Waals surface area (Å²) in [6.07, 6.45) is 5.66. The molecule has 1 aromatic heterocycles. The number of nitrogens with zero attached hydrogens (tertiary/aromatic N) is 5. The van der Waals surface area contributed by atoms with Gasteiger partial charge in [0.05, 0.1) is 6.33 Å². The molecule has 0 radical (unpaired) electrons. The van der Waals surface area contributed by atoms with Gasteiger partial charge in [0, 0.05) is 64.4 Å². The third-order valence-corrected chi connectivity index (χ3v) is 6.07. The second-order valence-electron chi connectivity index (χ2n) is 8.15. The van der Waals surface area contributed by atoms with Crippen molar-refractivity contribution >= 4 is 11.6 Å². The molecule has 1 aliphatic rings. The number of aromatic nitrogens is 2. The van der Waals surface area contributed by atoms with Gasteiger partial charge in [0.15, 0.2) is 5.96 Å². The monoisotopic (exact) mass is 416 g/mol. The van der Waals surface area contributed by atoms with Gasteiger partial charge in [-0.05, 0) is 42.2 Å². The maximum absolute atomic E-state index is 4.54. The molecule has 0 bridgehead atoms. The lowest BCUT2D eigenvalue weighted by Gasteiger charge is -2.38. The van der Waals surface area contributed by atoms with Gasteiger partial charge in [0.1, 0.15) is 0 Å². The molecule has 0 aliphatic carbocycles. The van der Waals surface area contributed by atoms with E-state index in [0.717, 1.165) is 45.2 Å². The highest BCUT2D eigenvalue weighted by molar-refractivity contribution is 5.80. The summed E-state index contributed by atoms with van der Waals surface area (Å²) in [4.78, 5) is 13.5. The fourth-order valence-electron chi connectivity index (χ4n) is 4.18. The molecule has 1 fully saturated rings. The second-order valence-corrected chi connectivity index (χ2v) is 8.15. The quantitative estimate of drug-likeness (QED) is 0.511. The highest BCUT2D eigenvalue weighted by Crippen LogP contribution is 2.23. The average Bonchev–Trinajstić information content (AvgIpc) is 3.30. The van der Waals surface area contributed by atoms with Crippen LogP contribution in [0.25, 0.3) is 0 Å². The Labute approximate surface area is 185 Å². The van der Waals surface area contributed by atoms with Crippen molar-refractivity contribution in [3.05, 3.63) is 83.4 Å². The minimum atomic E-state index is 0.766. The third kappa shape index (κ3) is 5.08. The molecule has 0 saturated carbocycles. The zero-order chi connectivity index (χ0) is 21.6. The van der Waals surface area contributed by atoms with Crippen LogP contribution in [0.5, 0.6) is 0 Å². The van der Waals surface area contributed by atoms with E-state index >= 15 is 0 Å². The fourth-order valence-corrected chi connectivity index (χ4v) is 4.18. The first-order chi connectivity index (χ1) is 15.1. The molecule has 31 heavy (non-hydrogen) atoms. The van der Waals surface area contributed by atoms with Gasteiger partial charge in [-0.2, -0.15) is 0 Å². The van der Waals surface area contributed by atoms with Gasteiger partial charge in [-0.1, -0.05) is 36.4 Å². The Morgan fingerprint density at radius 3 is 2.55 bits per heavy atom. The first-order valence-corrected chi connectivity index (χ1v) is 10.9. The van der Waals surface area contributed by atoms with Crippen LogP contribution >= 0.6 is 0 Å². The van der Waals surface area contributed by atoms with Gasteiger partial charge in [-0.25, -0.2) is 4.98 Å². The van der Waals surface area contributed by atoms with Gasteiger partial charge in [-0.3, -0.25) is 4.99 Å². The number of aryl methyl sites for hydroxylation is 1. The number of benzene rings is 2. The van der Waals surface area contributed by atoms with Crippen LogP contribution in [0, 0.1) is 13.8 Å². The van der Waals surface area contributed by atoms with E-state index in [9.17, 15) is 0 Å². The summed E-state index contributed by atoms with van der Waals surface area (Å²) in [7, 11) is 1.87. The lowest BCUT2D eigenvalue weighted by molar-refractivity contribution is 0.372. The standard InChI is InChI=1S/C25H32N6/c1-20-6-4-9-24(21(20)2)30-12-14-31(15-13-30)25(26-3)28-17-22-7-5-8-23(16-22)18-29-11-10-27-19-29/h4-11,16,19H,12-15,17-18H2,1-3H3,(H,26,28). The Morgan fingerprint density at radius 2 is 1.81 bits per heavy atom. The van der Waals surface area contributed by atoms with E-state index in [1.807, 2.05) is 25.8 Å². The summed E-state index contributed by atoms with van der Waals surface area (Å²) in [6, 6.07) is 15.3. The van der Waals surface area contributed by atoms with Crippen LogP contribution in [0.2, 0.25) is 0 Å². The number of aliphatic imine (C=N–C) groups is 1. The molecule has 0 unspecified atom stereocenters. The molecule has 1 aliphatic heterocycles. The maximum atomic E-state index is 4.54. The Kier molecular flexibility index (Phi) is 6.55. The lowest BCUT2D eigenvalue weighted by Crippen LogP contribution is -2.52. The third-order valence-electron chi connectivity index (χ3n) is 6.07. The van der Waals surface area contributed by atoms with E-state index in [1.165, 1.54) is 27.9 Å². The smallest absolute Gasteiger partial charge is 0.194 e. The number of guanidine groups is 1. The van der Waals surface area contributed by atoms with E-state index in [0.29, 0.717) is 0 Å². The fraction of sp³-hybridized carbons (Fsp3) is 0.360. The average molecular weight is 417 g/mol. The molecular weight excluding hydrogens is 384 g/mol. The molecule has 0 atom stereocenters. The first-order valence-electron chi connectivity index (χ1n) is 10.9. The minimum absolute atomic E-state index is 0.766. The molecular formula is C25H32N6. The number of hydrogen-bond acceptors (Lipinski definition) is 3. The van der Waals surface area contributed by atoms with Crippen LogP contribution in [0.15, 0.2) is 66.2 Å². The van der Waals surface area contributed by atoms with Crippen molar-refractivity contribution in [1.29, 1.82) is 0 Å². The predicted molar refractivity (Wildman–Crippen MR) is 128 cm³/mol. The molecule has 4 rings (SSSR count). The van der Waals surface area contributed by atoms with Crippen molar-refractivity contribution in [2.45, 2.75) is 26.9 Å². The van der Waals surface area contributed by atoms with Crippen molar-refractivity contribution in [3.8, 4) is 0 Å². The van der Waals surface area contributed by atoms with Crippen molar-refractivity contribution in [2.24, 2.45) is 4.99 Å². The number of piperazine rings is 1. The van der Waals surface area contributed by atoms with Crippen LogP contribution < -0.4 is 10.2 Å². The van der Waals surface area contributed by atoms with Gasteiger partial charge in [-0.15, -0.1) is 0 Å². The molecule has 162 valence electrons. The molecule has 0 spiro atoms. The van der Waals surface area contributed by atoms with E-state index in [4.69, 9.17) is 0 Å². The van der Waals surface area contributed by atoms with Crippen LogP contribution in [0.4, 0.5) is 5.69 Å². The Balaban J connectivity index is 1.33. The minimum Gasteiger partial charge on any atom is -0.368 e. The summed E-state index contributed by atoms with van der Waals surface area (Å²) >= 11 is 0. The zero-order valence-electron chi connectivity index (χ0n) is 18.8. The van der Waals surface area contributed by atoms with Gasteiger partial charge < -0.3 is 19.7 Å². The Morgan fingerprint density at radius 1 is 1.03 bits per heavy atom. The normalized spacial score (nSPS) is 14.7. The highest BCUT2D eigenvalue weighted by atomic mass is 15.3. The second kappa shape index (κ2) is 9.69. The van der Waals surface area contributed by atoms with Crippen LogP contribution in [-0.4, -0.2) is 53.6 Å². The molecule has 6 nitrogen and oxygen atoms in total. The van der Waals surface area contributed by atoms with Crippen molar-refractivity contribution in [2.75, 3.05) is 38.1 Å². The van der Waals surface area contributed by atoms with Gasteiger partial charge >= 0.3 is 0 Å². The maximum Gasteiger partial charge on any atom is 0.194 e. The number of anilines is 1. The summed E-state index contributed by atoms with van der Waals surface area (Å²) < 4.78 is 2.08. The van der Waals surface area contributed by atoms with E-state index < -0.39 is 0 Å². The van der Waals surface area contributed by atoms with Gasteiger partial charge in [0.25, 0.3) is 0 Å². The molecule has 2 aromatic carbocycles. The van der Waals surface area contributed by atoms with Crippen molar-refractivity contribution in [3.63, 3.8) is 0 Å². The number of rotatable bonds is 5. The topological polar surface area (TPSA) is 48.7 Å². The number of nitrogens with one attached hydrogen (secondary N) is 1. The van der Waals surface area contributed by atoms with Crippen LogP contribution in [-0.2, 0) is 13.1 Å². The lowest BCUT2D eigenvalue weighted by atomic mass is 10.1.